The second kappa shape index (κ2) is 9.53. The van der Waals surface area contributed by atoms with Gasteiger partial charge in [-0.2, -0.15) is 0 Å². The van der Waals surface area contributed by atoms with E-state index in [4.69, 9.17) is 4.74 Å². The van der Waals surface area contributed by atoms with Gasteiger partial charge in [-0.25, -0.2) is 4.39 Å². The third kappa shape index (κ3) is 5.55. The SMILES string of the molecule is CN=C(NCc1ccn(C)c1)NCC(c1ccc(F)cc1)N1CCOCC1. The molecule has 6 nitrogen and oxygen atoms in total. The summed E-state index contributed by atoms with van der Waals surface area (Å²) in [7, 11) is 3.77. The van der Waals surface area contributed by atoms with Gasteiger partial charge in [0.25, 0.3) is 0 Å². The molecule has 0 amide bonds. The van der Waals surface area contributed by atoms with Crippen molar-refractivity contribution >= 4 is 5.96 Å². The largest absolute Gasteiger partial charge is 0.379 e. The summed E-state index contributed by atoms with van der Waals surface area (Å²) in [4.78, 5) is 6.69. The maximum Gasteiger partial charge on any atom is 0.191 e. The second-order valence-corrected chi connectivity index (χ2v) is 6.71. The smallest absolute Gasteiger partial charge is 0.191 e. The molecular formula is C20H28FN5O. The van der Waals surface area contributed by atoms with Crippen LogP contribution in [-0.4, -0.2) is 55.3 Å². The van der Waals surface area contributed by atoms with Crippen LogP contribution in [0.3, 0.4) is 0 Å². The molecule has 2 N–H and O–H groups in total. The molecule has 27 heavy (non-hydrogen) atoms. The summed E-state index contributed by atoms with van der Waals surface area (Å²) in [6.07, 6.45) is 4.10. The molecule has 1 aromatic heterocycles. The molecule has 0 radical (unpaired) electrons. The molecule has 0 saturated carbocycles. The van der Waals surface area contributed by atoms with E-state index in [1.807, 2.05) is 29.9 Å². The van der Waals surface area contributed by atoms with Crippen LogP contribution in [0.4, 0.5) is 4.39 Å². The molecule has 3 rings (SSSR count). The summed E-state index contributed by atoms with van der Waals surface area (Å²) in [6, 6.07) is 8.96. The maximum absolute atomic E-state index is 13.3. The average Bonchev–Trinajstić information content (AvgIpc) is 3.11. The summed E-state index contributed by atoms with van der Waals surface area (Å²) in [5, 5.41) is 6.75. The Balaban J connectivity index is 1.62. The first-order valence-corrected chi connectivity index (χ1v) is 9.28. The summed E-state index contributed by atoms with van der Waals surface area (Å²) in [5.74, 6) is 0.534. The first-order chi connectivity index (χ1) is 13.2. The fourth-order valence-electron chi connectivity index (χ4n) is 3.30. The third-order valence-electron chi connectivity index (χ3n) is 4.78. The highest BCUT2D eigenvalue weighted by atomic mass is 19.1. The highest BCUT2D eigenvalue weighted by Gasteiger charge is 2.23. The van der Waals surface area contributed by atoms with Crippen molar-refractivity contribution in [3.05, 3.63) is 59.7 Å². The summed E-state index contributed by atoms with van der Waals surface area (Å²) < 4.78 is 20.8. The molecule has 146 valence electrons. The number of aliphatic imine (C=N–C) groups is 1. The number of nitrogens with one attached hydrogen (secondary N) is 2. The van der Waals surface area contributed by atoms with Gasteiger partial charge < -0.3 is 19.9 Å². The predicted octanol–water partition coefficient (Wildman–Crippen LogP) is 1.90. The molecule has 0 aliphatic carbocycles. The lowest BCUT2D eigenvalue weighted by Gasteiger charge is -2.35. The van der Waals surface area contributed by atoms with Gasteiger partial charge >= 0.3 is 0 Å². The van der Waals surface area contributed by atoms with E-state index in [0.29, 0.717) is 13.1 Å². The third-order valence-corrected chi connectivity index (χ3v) is 4.78. The molecule has 2 aromatic rings. The Kier molecular flexibility index (Phi) is 6.84. The molecule has 1 saturated heterocycles. The number of guanidine groups is 1. The zero-order valence-electron chi connectivity index (χ0n) is 16.0. The standard InChI is InChI=1S/C20H28FN5O/c1-22-20(23-13-16-7-8-25(2)15-16)24-14-19(26-9-11-27-12-10-26)17-3-5-18(21)6-4-17/h3-8,15,19H,9-14H2,1-2H3,(H2,22,23,24). The molecule has 1 aliphatic rings. The van der Waals surface area contributed by atoms with E-state index < -0.39 is 0 Å². The molecule has 0 bridgehead atoms. The Morgan fingerprint density at radius 3 is 2.56 bits per heavy atom. The van der Waals surface area contributed by atoms with Crippen LogP contribution in [0.5, 0.6) is 0 Å². The number of hydrogen-bond acceptors (Lipinski definition) is 3. The van der Waals surface area contributed by atoms with Crippen LogP contribution >= 0.6 is 0 Å². The van der Waals surface area contributed by atoms with Crippen LogP contribution in [0.15, 0.2) is 47.7 Å². The van der Waals surface area contributed by atoms with Gasteiger partial charge in [0.1, 0.15) is 5.82 Å². The number of aromatic nitrogens is 1. The first-order valence-electron chi connectivity index (χ1n) is 9.28. The summed E-state index contributed by atoms with van der Waals surface area (Å²) >= 11 is 0. The van der Waals surface area contributed by atoms with Crippen molar-refractivity contribution in [2.75, 3.05) is 39.9 Å². The lowest BCUT2D eigenvalue weighted by Crippen LogP contribution is -2.46. The topological polar surface area (TPSA) is 53.8 Å². The molecule has 1 fully saturated rings. The van der Waals surface area contributed by atoms with E-state index in [0.717, 1.165) is 37.8 Å². The fourth-order valence-corrected chi connectivity index (χ4v) is 3.30. The van der Waals surface area contributed by atoms with E-state index in [9.17, 15) is 4.39 Å². The van der Waals surface area contributed by atoms with Gasteiger partial charge in [0.2, 0.25) is 0 Å². The number of halogens is 1. The van der Waals surface area contributed by atoms with E-state index in [1.54, 1.807) is 7.05 Å². The molecule has 1 atom stereocenters. The molecule has 2 heterocycles. The minimum Gasteiger partial charge on any atom is -0.379 e. The lowest BCUT2D eigenvalue weighted by molar-refractivity contribution is 0.0170. The molecule has 1 unspecified atom stereocenters. The van der Waals surface area contributed by atoms with Crippen LogP contribution in [0, 0.1) is 5.82 Å². The molecule has 0 spiro atoms. The Bertz CT molecular complexity index is 737. The predicted molar refractivity (Wildman–Crippen MR) is 105 cm³/mol. The quantitative estimate of drug-likeness (QED) is 0.600. The molecular weight excluding hydrogens is 345 g/mol. The van der Waals surface area contributed by atoms with Crippen LogP contribution in [0.2, 0.25) is 0 Å². The monoisotopic (exact) mass is 373 g/mol. The first kappa shape index (κ1) is 19.4. The molecule has 1 aliphatic heterocycles. The number of aryl methyl sites for hydroxylation is 1. The zero-order valence-corrected chi connectivity index (χ0v) is 16.0. The van der Waals surface area contributed by atoms with Gasteiger partial charge in [-0.15, -0.1) is 0 Å². The lowest BCUT2D eigenvalue weighted by atomic mass is 10.0. The van der Waals surface area contributed by atoms with Crippen molar-refractivity contribution in [1.29, 1.82) is 0 Å². The van der Waals surface area contributed by atoms with E-state index in [1.165, 1.54) is 17.7 Å². The van der Waals surface area contributed by atoms with Gasteiger partial charge in [0.05, 0.1) is 19.3 Å². The number of benzene rings is 1. The van der Waals surface area contributed by atoms with Crippen LogP contribution in [0.1, 0.15) is 17.2 Å². The van der Waals surface area contributed by atoms with Crippen LogP contribution in [-0.2, 0) is 18.3 Å². The minimum atomic E-state index is -0.215. The Labute approximate surface area is 160 Å². The number of ether oxygens (including phenoxy) is 1. The normalized spacial score (nSPS) is 16.9. The summed E-state index contributed by atoms with van der Waals surface area (Å²) in [5.41, 5.74) is 2.29. The Morgan fingerprint density at radius 2 is 1.93 bits per heavy atom. The van der Waals surface area contributed by atoms with E-state index in [-0.39, 0.29) is 11.9 Å². The minimum absolute atomic E-state index is 0.129. The number of morpholine rings is 1. The number of hydrogen-bond donors (Lipinski definition) is 2. The second-order valence-electron chi connectivity index (χ2n) is 6.71. The van der Waals surface area contributed by atoms with Gasteiger partial charge in [-0.3, -0.25) is 9.89 Å². The zero-order chi connectivity index (χ0) is 19.1. The number of rotatable bonds is 6. The Morgan fingerprint density at radius 1 is 1.19 bits per heavy atom. The van der Waals surface area contributed by atoms with Gasteiger partial charge in [-0.1, -0.05) is 12.1 Å². The van der Waals surface area contributed by atoms with Crippen molar-refractivity contribution in [2.45, 2.75) is 12.6 Å². The van der Waals surface area contributed by atoms with Crippen molar-refractivity contribution in [3.63, 3.8) is 0 Å². The van der Waals surface area contributed by atoms with Crippen molar-refractivity contribution in [1.82, 2.24) is 20.1 Å². The van der Waals surface area contributed by atoms with Gasteiger partial charge in [-0.05, 0) is 29.3 Å². The van der Waals surface area contributed by atoms with Crippen LogP contribution in [0.25, 0.3) is 0 Å². The summed E-state index contributed by atoms with van der Waals surface area (Å²) in [6.45, 7) is 4.55. The van der Waals surface area contributed by atoms with E-state index >= 15 is 0 Å². The van der Waals surface area contributed by atoms with Gasteiger partial charge in [0, 0.05) is 52.7 Å². The van der Waals surface area contributed by atoms with Gasteiger partial charge in [0.15, 0.2) is 5.96 Å². The molecule has 1 aromatic carbocycles. The number of nitrogens with zero attached hydrogens (tertiary/aromatic N) is 3. The van der Waals surface area contributed by atoms with Crippen molar-refractivity contribution < 1.29 is 9.13 Å². The van der Waals surface area contributed by atoms with Crippen molar-refractivity contribution in [2.24, 2.45) is 12.0 Å². The Hall–Kier alpha value is -2.38. The highest BCUT2D eigenvalue weighted by Crippen LogP contribution is 2.21. The average molecular weight is 373 g/mol. The fraction of sp³-hybridized carbons (Fsp3) is 0.450. The van der Waals surface area contributed by atoms with Crippen LogP contribution < -0.4 is 10.6 Å². The molecule has 7 heteroatoms. The van der Waals surface area contributed by atoms with Crippen molar-refractivity contribution in [3.8, 4) is 0 Å². The maximum atomic E-state index is 13.3. The highest BCUT2D eigenvalue weighted by molar-refractivity contribution is 5.79. The van der Waals surface area contributed by atoms with E-state index in [2.05, 4.69) is 32.8 Å².